The summed E-state index contributed by atoms with van der Waals surface area (Å²) in [6.07, 6.45) is 0. The highest BCUT2D eigenvalue weighted by Gasteiger charge is 2.25. The second-order valence-corrected chi connectivity index (χ2v) is 7.62. The van der Waals surface area contributed by atoms with Crippen molar-refractivity contribution in [2.45, 2.75) is 0 Å². The number of likely N-dealkylation sites (N-methyl/N-ethyl adjacent to an activating group) is 1. The van der Waals surface area contributed by atoms with Crippen LogP contribution >= 0.6 is 0 Å². The Morgan fingerprint density at radius 2 is 1.21 bits per heavy atom. The standard InChI is InChI=1S/C22H27N5O2/c1-24-10-12-26(13-11-24)21(28)19-8-5-9-20(23-19)22(29)27-16-14-25(15-17-27)18-6-3-2-4-7-18/h2-9H,10-17H2,1H3. The molecule has 1 aromatic heterocycles. The molecule has 3 heterocycles. The molecule has 29 heavy (non-hydrogen) atoms. The minimum Gasteiger partial charge on any atom is -0.368 e. The summed E-state index contributed by atoms with van der Waals surface area (Å²) in [5.74, 6) is -0.201. The van der Waals surface area contributed by atoms with Gasteiger partial charge in [0.05, 0.1) is 0 Å². The van der Waals surface area contributed by atoms with Gasteiger partial charge >= 0.3 is 0 Å². The number of para-hydroxylation sites is 1. The number of hydrogen-bond donors (Lipinski definition) is 0. The molecule has 0 aliphatic carbocycles. The van der Waals surface area contributed by atoms with Crippen LogP contribution in [0.15, 0.2) is 48.5 Å². The van der Waals surface area contributed by atoms with Crippen molar-refractivity contribution in [3.8, 4) is 0 Å². The summed E-state index contributed by atoms with van der Waals surface area (Å²) in [7, 11) is 2.05. The largest absolute Gasteiger partial charge is 0.368 e. The molecule has 0 unspecified atom stereocenters. The fourth-order valence-electron chi connectivity index (χ4n) is 3.81. The summed E-state index contributed by atoms with van der Waals surface area (Å²) >= 11 is 0. The van der Waals surface area contributed by atoms with Gasteiger partial charge in [0.25, 0.3) is 11.8 Å². The number of hydrogen-bond acceptors (Lipinski definition) is 5. The fraction of sp³-hybridized carbons (Fsp3) is 0.409. The van der Waals surface area contributed by atoms with E-state index in [-0.39, 0.29) is 11.8 Å². The van der Waals surface area contributed by atoms with Gasteiger partial charge in [-0.05, 0) is 31.3 Å². The Morgan fingerprint density at radius 1 is 0.690 bits per heavy atom. The number of anilines is 1. The number of piperazine rings is 2. The molecule has 4 rings (SSSR count). The predicted octanol–water partition coefficient (Wildman–Crippen LogP) is 1.43. The van der Waals surface area contributed by atoms with E-state index in [4.69, 9.17) is 0 Å². The summed E-state index contributed by atoms with van der Waals surface area (Å²) in [6.45, 7) is 5.96. The van der Waals surface area contributed by atoms with Crippen LogP contribution in [0.3, 0.4) is 0 Å². The van der Waals surface area contributed by atoms with Crippen LogP contribution in [0, 0.1) is 0 Å². The Bertz CT molecular complexity index is 857. The Balaban J connectivity index is 1.39. The highest BCUT2D eigenvalue weighted by molar-refractivity contribution is 5.96. The molecule has 2 aliphatic rings. The van der Waals surface area contributed by atoms with Crippen LogP contribution < -0.4 is 4.90 Å². The number of rotatable bonds is 3. The van der Waals surface area contributed by atoms with E-state index in [0.29, 0.717) is 37.6 Å². The molecule has 2 amide bonds. The van der Waals surface area contributed by atoms with Crippen LogP contribution in [0.5, 0.6) is 0 Å². The SMILES string of the molecule is CN1CCN(C(=O)c2cccc(C(=O)N3CCN(c4ccccc4)CC3)n2)CC1. The average Bonchev–Trinajstić information content (AvgIpc) is 2.79. The lowest BCUT2D eigenvalue weighted by Gasteiger charge is -2.36. The fourth-order valence-corrected chi connectivity index (χ4v) is 3.81. The zero-order valence-corrected chi connectivity index (χ0v) is 16.8. The third-order valence-electron chi connectivity index (χ3n) is 5.67. The van der Waals surface area contributed by atoms with Gasteiger partial charge < -0.3 is 19.6 Å². The second-order valence-electron chi connectivity index (χ2n) is 7.62. The Hall–Kier alpha value is -2.93. The van der Waals surface area contributed by atoms with Crippen LogP contribution in [0.25, 0.3) is 0 Å². The Kier molecular flexibility index (Phi) is 5.76. The number of benzene rings is 1. The summed E-state index contributed by atoms with van der Waals surface area (Å²) in [5, 5.41) is 0. The smallest absolute Gasteiger partial charge is 0.272 e. The van der Waals surface area contributed by atoms with Gasteiger partial charge in [-0.2, -0.15) is 0 Å². The van der Waals surface area contributed by atoms with Gasteiger partial charge in [-0.15, -0.1) is 0 Å². The first-order valence-corrected chi connectivity index (χ1v) is 10.2. The molecule has 2 aromatic rings. The molecule has 2 saturated heterocycles. The zero-order valence-electron chi connectivity index (χ0n) is 16.8. The van der Waals surface area contributed by atoms with E-state index < -0.39 is 0 Å². The first kappa shape index (κ1) is 19.4. The van der Waals surface area contributed by atoms with E-state index in [0.717, 1.165) is 26.2 Å². The molecular formula is C22H27N5O2. The lowest BCUT2D eigenvalue weighted by Crippen LogP contribution is -2.49. The van der Waals surface area contributed by atoms with Crippen molar-refractivity contribution in [2.24, 2.45) is 0 Å². The maximum Gasteiger partial charge on any atom is 0.272 e. The lowest BCUT2D eigenvalue weighted by molar-refractivity contribution is 0.0657. The summed E-state index contributed by atoms with van der Waals surface area (Å²) in [6, 6.07) is 15.4. The van der Waals surface area contributed by atoms with Crippen molar-refractivity contribution in [1.82, 2.24) is 19.7 Å². The van der Waals surface area contributed by atoms with E-state index >= 15 is 0 Å². The minimum atomic E-state index is -0.106. The Labute approximate surface area is 171 Å². The van der Waals surface area contributed by atoms with Crippen LogP contribution in [-0.2, 0) is 0 Å². The normalized spacial score (nSPS) is 18.0. The molecule has 2 fully saturated rings. The van der Waals surface area contributed by atoms with Crippen molar-refractivity contribution in [3.63, 3.8) is 0 Å². The molecule has 0 spiro atoms. The van der Waals surface area contributed by atoms with E-state index in [1.165, 1.54) is 5.69 Å². The third-order valence-corrected chi connectivity index (χ3v) is 5.67. The maximum absolute atomic E-state index is 13.0. The molecule has 1 aromatic carbocycles. The van der Waals surface area contributed by atoms with Gasteiger partial charge in [0.15, 0.2) is 0 Å². The molecule has 152 valence electrons. The Morgan fingerprint density at radius 3 is 1.76 bits per heavy atom. The topological polar surface area (TPSA) is 60.0 Å². The van der Waals surface area contributed by atoms with E-state index in [1.54, 1.807) is 18.2 Å². The number of aromatic nitrogens is 1. The minimum absolute atomic E-state index is 0.0957. The number of carbonyl (C=O) groups excluding carboxylic acids is 2. The quantitative estimate of drug-likeness (QED) is 0.790. The first-order valence-electron chi connectivity index (χ1n) is 10.2. The predicted molar refractivity (Wildman–Crippen MR) is 112 cm³/mol. The van der Waals surface area contributed by atoms with Crippen molar-refractivity contribution in [2.75, 3.05) is 64.3 Å². The van der Waals surface area contributed by atoms with Crippen LogP contribution in [0.2, 0.25) is 0 Å². The number of nitrogens with zero attached hydrogens (tertiary/aromatic N) is 5. The highest BCUT2D eigenvalue weighted by Crippen LogP contribution is 2.17. The van der Waals surface area contributed by atoms with E-state index in [1.807, 2.05) is 28.0 Å². The molecular weight excluding hydrogens is 366 g/mol. The van der Waals surface area contributed by atoms with Gasteiger partial charge in [-0.3, -0.25) is 9.59 Å². The molecule has 0 saturated carbocycles. The lowest BCUT2D eigenvalue weighted by atomic mass is 10.2. The molecule has 7 heteroatoms. The van der Waals surface area contributed by atoms with Crippen molar-refractivity contribution in [1.29, 1.82) is 0 Å². The summed E-state index contributed by atoms with van der Waals surface area (Å²) in [4.78, 5) is 38.3. The van der Waals surface area contributed by atoms with Crippen LogP contribution in [-0.4, -0.2) is 90.9 Å². The van der Waals surface area contributed by atoms with Gasteiger partial charge in [0.2, 0.25) is 0 Å². The van der Waals surface area contributed by atoms with E-state index in [2.05, 4.69) is 34.0 Å². The number of pyridine rings is 1. The molecule has 0 atom stereocenters. The average molecular weight is 393 g/mol. The third kappa shape index (κ3) is 4.40. The molecule has 0 bridgehead atoms. The van der Waals surface area contributed by atoms with Gasteiger partial charge in [0.1, 0.15) is 11.4 Å². The monoisotopic (exact) mass is 393 g/mol. The first-order chi connectivity index (χ1) is 14.1. The molecule has 7 nitrogen and oxygen atoms in total. The highest BCUT2D eigenvalue weighted by atomic mass is 16.2. The van der Waals surface area contributed by atoms with Gasteiger partial charge in [-0.25, -0.2) is 4.98 Å². The summed E-state index contributed by atoms with van der Waals surface area (Å²) < 4.78 is 0. The van der Waals surface area contributed by atoms with Crippen molar-refractivity contribution < 1.29 is 9.59 Å². The van der Waals surface area contributed by atoms with Crippen molar-refractivity contribution >= 4 is 17.5 Å². The molecule has 0 radical (unpaired) electrons. The van der Waals surface area contributed by atoms with E-state index in [9.17, 15) is 9.59 Å². The van der Waals surface area contributed by atoms with Gasteiger partial charge in [-0.1, -0.05) is 24.3 Å². The molecule has 0 N–H and O–H groups in total. The molecule has 2 aliphatic heterocycles. The summed E-state index contributed by atoms with van der Waals surface area (Å²) in [5.41, 5.74) is 1.87. The number of carbonyl (C=O) groups is 2. The van der Waals surface area contributed by atoms with Crippen LogP contribution in [0.1, 0.15) is 21.0 Å². The maximum atomic E-state index is 13.0. The zero-order chi connectivity index (χ0) is 20.2. The van der Waals surface area contributed by atoms with Crippen molar-refractivity contribution in [3.05, 3.63) is 59.9 Å². The van der Waals surface area contributed by atoms with Gasteiger partial charge in [0, 0.05) is 58.0 Å². The number of amides is 2. The van der Waals surface area contributed by atoms with Crippen LogP contribution in [0.4, 0.5) is 5.69 Å². The second kappa shape index (κ2) is 8.61.